The van der Waals surface area contributed by atoms with Crippen LogP contribution < -0.4 is 0 Å². The van der Waals surface area contributed by atoms with Gasteiger partial charge in [-0.3, -0.25) is 0 Å². The lowest BCUT2D eigenvalue weighted by molar-refractivity contribution is 0.0508. The molecule has 0 N–H and O–H groups in total. The first kappa shape index (κ1) is 15.2. The van der Waals surface area contributed by atoms with E-state index in [1.807, 2.05) is 6.07 Å². The molecule has 0 radical (unpaired) electrons. The fourth-order valence-electron chi connectivity index (χ4n) is 3.02. The predicted octanol–water partition coefficient (Wildman–Crippen LogP) is 5.30. The van der Waals surface area contributed by atoms with Crippen LogP contribution in [0.5, 0.6) is 0 Å². The van der Waals surface area contributed by atoms with E-state index in [-0.39, 0.29) is 17.6 Å². The van der Waals surface area contributed by atoms with Crippen molar-refractivity contribution in [2.24, 2.45) is 11.8 Å². The van der Waals surface area contributed by atoms with Gasteiger partial charge in [-0.15, -0.1) is 11.6 Å². The molecular weight excluding hydrogens is 279 g/mol. The Morgan fingerprint density at radius 1 is 1.05 bits per heavy atom. The molecule has 0 spiro atoms. The van der Waals surface area contributed by atoms with Gasteiger partial charge in [0.05, 0.1) is 17.6 Å². The van der Waals surface area contributed by atoms with Crippen LogP contribution in [0.4, 0.5) is 0 Å². The van der Waals surface area contributed by atoms with Crippen molar-refractivity contribution in [3.8, 4) is 0 Å². The second-order valence-electron chi connectivity index (χ2n) is 5.84. The van der Waals surface area contributed by atoms with Crippen LogP contribution >= 0.6 is 23.2 Å². The Labute approximate surface area is 126 Å². The molecule has 5 unspecified atom stereocenters. The molecule has 0 aliphatic carbocycles. The molecule has 5 atom stereocenters. The number of halogens is 2. The van der Waals surface area contributed by atoms with Gasteiger partial charge in [0.2, 0.25) is 0 Å². The molecule has 1 aliphatic heterocycles. The largest absolute Gasteiger partial charge is 0.375 e. The smallest absolute Gasteiger partial charge is 0.0656 e. The molecule has 1 aromatic rings. The molecule has 0 bridgehead atoms. The molecule has 0 amide bonds. The predicted molar refractivity (Wildman–Crippen MR) is 82.2 cm³/mol. The van der Waals surface area contributed by atoms with Crippen molar-refractivity contribution < 1.29 is 4.74 Å². The molecule has 1 fully saturated rings. The third kappa shape index (κ3) is 2.79. The number of benzene rings is 1. The monoisotopic (exact) mass is 300 g/mol. The zero-order chi connectivity index (χ0) is 14.3. The van der Waals surface area contributed by atoms with Gasteiger partial charge in [0.15, 0.2) is 0 Å². The Morgan fingerprint density at radius 2 is 1.63 bits per heavy atom. The number of hydrogen-bond donors (Lipinski definition) is 0. The molecule has 1 heterocycles. The van der Waals surface area contributed by atoms with E-state index < -0.39 is 0 Å². The molecule has 0 saturated carbocycles. The van der Waals surface area contributed by atoms with Gasteiger partial charge in [-0.2, -0.15) is 0 Å². The zero-order valence-electron chi connectivity index (χ0n) is 12.2. The van der Waals surface area contributed by atoms with Gasteiger partial charge in [0, 0.05) is 10.9 Å². The standard InChI is InChI=1S/C16H22Cl2O/c1-8-6-13(14(17)7-9(8)2)16(18)15-10(3)11(4)19-12(15)5/h6-7,10-12,15-16H,1-5H3. The quantitative estimate of drug-likeness (QED) is 0.674. The summed E-state index contributed by atoms with van der Waals surface area (Å²) >= 11 is 13.1. The van der Waals surface area contributed by atoms with Crippen molar-refractivity contribution in [2.45, 2.75) is 52.2 Å². The van der Waals surface area contributed by atoms with E-state index in [2.05, 4.69) is 40.7 Å². The van der Waals surface area contributed by atoms with E-state index in [4.69, 9.17) is 27.9 Å². The molecule has 1 aliphatic rings. The van der Waals surface area contributed by atoms with Gasteiger partial charge >= 0.3 is 0 Å². The molecule has 2 rings (SSSR count). The minimum Gasteiger partial charge on any atom is -0.375 e. The lowest BCUT2D eigenvalue weighted by atomic mass is 9.83. The maximum atomic E-state index is 6.73. The highest BCUT2D eigenvalue weighted by Gasteiger charge is 2.42. The lowest BCUT2D eigenvalue weighted by Gasteiger charge is -2.25. The van der Waals surface area contributed by atoms with Crippen LogP contribution in [0.3, 0.4) is 0 Å². The van der Waals surface area contributed by atoms with Crippen LogP contribution in [0.15, 0.2) is 12.1 Å². The molecule has 0 aromatic heterocycles. The highest BCUT2D eigenvalue weighted by molar-refractivity contribution is 6.33. The summed E-state index contributed by atoms with van der Waals surface area (Å²) in [7, 11) is 0. The van der Waals surface area contributed by atoms with Gasteiger partial charge in [-0.05, 0) is 56.4 Å². The van der Waals surface area contributed by atoms with Crippen LogP contribution in [-0.2, 0) is 4.74 Å². The summed E-state index contributed by atoms with van der Waals surface area (Å²) in [4.78, 5) is 0. The van der Waals surface area contributed by atoms with E-state index in [0.717, 1.165) is 10.6 Å². The van der Waals surface area contributed by atoms with E-state index in [9.17, 15) is 0 Å². The first-order valence-corrected chi connectivity index (χ1v) is 7.70. The molecule has 1 nitrogen and oxygen atoms in total. The molecule has 106 valence electrons. The molecule has 3 heteroatoms. The van der Waals surface area contributed by atoms with E-state index in [0.29, 0.717) is 11.8 Å². The van der Waals surface area contributed by atoms with Crippen LogP contribution in [0.1, 0.15) is 42.8 Å². The Morgan fingerprint density at radius 3 is 2.16 bits per heavy atom. The molecular formula is C16H22Cl2O. The first-order chi connectivity index (χ1) is 8.82. The Balaban J connectivity index is 2.34. The maximum absolute atomic E-state index is 6.73. The normalized spacial score (nSPS) is 32.6. The average molecular weight is 301 g/mol. The van der Waals surface area contributed by atoms with Crippen molar-refractivity contribution in [3.63, 3.8) is 0 Å². The Hall–Kier alpha value is -0.240. The van der Waals surface area contributed by atoms with Crippen molar-refractivity contribution in [2.75, 3.05) is 0 Å². The Bertz CT molecular complexity index is 472. The summed E-state index contributed by atoms with van der Waals surface area (Å²) in [6.07, 6.45) is 0.428. The summed E-state index contributed by atoms with van der Waals surface area (Å²) in [6, 6.07) is 4.13. The highest BCUT2D eigenvalue weighted by Crippen LogP contribution is 2.45. The molecule has 1 aromatic carbocycles. The average Bonchev–Trinajstić information content (AvgIpc) is 2.57. The number of rotatable bonds is 2. The third-order valence-electron chi connectivity index (χ3n) is 4.57. The van der Waals surface area contributed by atoms with Gasteiger partial charge in [-0.1, -0.05) is 24.6 Å². The first-order valence-electron chi connectivity index (χ1n) is 6.89. The summed E-state index contributed by atoms with van der Waals surface area (Å²) in [6.45, 7) is 10.6. The van der Waals surface area contributed by atoms with E-state index in [1.165, 1.54) is 11.1 Å². The third-order valence-corrected chi connectivity index (χ3v) is 5.42. The highest BCUT2D eigenvalue weighted by atomic mass is 35.5. The van der Waals surface area contributed by atoms with E-state index in [1.54, 1.807) is 0 Å². The number of ether oxygens (including phenoxy) is 1. The summed E-state index contributed by atoms with van der Waals surface area (Å²) in [5.41, 5.74) is 3.47. The summed E-state index contributed by atoms with van der Waals surface area (Å²) in [5.74, 6) is 0.742. The van der Waals surface area contributed by atoms with Crippen molar-refractivity contribution in [3.05, 3.63) is 33.8 Å². The Kier molecular flexibility index (Phi) is 4.49. The van der Waals surface area contributed by atoms with Crippen LogP contribution in [0, 0.1) is 25.7 Å². The van der Waals surface area contributed by atoms with Gasteiger partial charge in [0.25, 0.3) is 0 Å². The van der Waals surface area contributed by atoms with Crippen molar-refractivity contribution in [1.82, 2.24) is 0 Å². The van der Waals surface area contributed by atoms with Gasteiger partial charge in [0.1, 0.15) is 0 Å². The fourth-order valence-corrected chi connectivity index (χ4v) is 4.03. The van der Waals surface area contributed by atoms with Crippen molar-refractivity contribution >= 4 is 23.2 Å². The fraction of sp³-hybridized carbons (Fsp3) is 0.625. The van der Waals surface area contributed by atoms with Gasteiger partial charge in [-0.25, -0.2) is 0 Å². The maximum Gasteiger partial charge on any atom is 0.0656 e. The second kappa shape index (κ2) is 5.63. The van der Waals surface area contributed by atoms with Crippen LogP contribution in [0.25, 0.3) is 0 Å². The van der Waals surface area contributed by atoms with Crippen molar-refractivity contribution in [1.29, 1.82) is 0 Å². The lowest BCUT2D eigenvalue weighted by Crippen LogP contribution is -2.22. The number of aryl methyl sites for hydroxylation is 2. The van der Waals surface area contributed by atoms with Crippen LogP contribution in [0.2, 0.25) is 5.02 Å². The minimum atomic E-state index is -0.0956. The second-order valence-corrected chi connectivity index (χ2v) is 6.72. The summed E-state index contributed by atoms with van der Waals surface area (Å²) < 4.78 is 5.89. The minimum absolute atomic E-state index is 0.0956. The number of hydrogen-bond acceptors (Lipinski definition) is 1. The molecule has 1 saturated heterocycles. The SMILES string of the molecule is Cc1cc(Cl)c(C(Cl)C2C(C)OC(C)C2C)cc1C. The van der Waals surface area contributed by atoms with Crippen LogP contribution in [-0.4, -0.2) is 12.2 Å². The topological polar surface area (TPSA) is 9.23 Å². The summed E-state index contributed by atoms with van der Waals surface area (Å²) in [5, 5.41) is 0.670. The van der Waals surface area contributed by atoms with Gasteiger partial charge < -0.3 is 4.74 Å². The zero-order valence-corrected chi connectivity index (χ0v) is 13.7. The number of alkyl halides is 1. The molecule has 19 heavy (non-hydrogen) atoms. The van der Waals surface area contributed by atoms with E-state index >= 15 is 0 Å².